The molecular formula is C11H11BrN2. The molecule has 0 fully saturated rings. The fraction of sp³-hybridized carbons (Fsp3) is 0.364. The summed E-state index contributed by atoms with van der Waals surface area (Å²) >= 11 is 3.51. The lowest BCUT2D eigenvalue weighted by Crippen LogP contribution is -2.26. The number of hydrogen-bond acceptors (Lipinski definition) is 2. The third-order valence-electron chi connectivity index (χ3n) is 2.52. The molecule has 0 aromatic heterocycles. The van der Waals surface area contributed by atoms with Gasteiger partial charge in [0.05, 0.1) is 17.3 Å². The molecule has 1 aromatic carbocycles. The van der Waals surface area contributed by atoms with E-state index in [2.05, 4.69) is 39.1 Å². The zero-order chi connectivity index (χ0) is 10.1. The van der Waals surface area contributed by atoms with E-state index >= 15 is 0 Å². The minimum absolute atomic E-state index is 0.662. The zero-order valence-electron chi connectivity index (χ0n) is 8.00. The zero-order valence-corrected chi connectivity index (χ0v) is 9.58. The number of halogens is 1. The van der Waals surface area contributed by atoms with E-state index in [9.17, 15) is 0 Å². The van der Waals surface area contributed by atoms with Gasteiger partial charge < -0.3 is 3.93 Å². The van der Waals surface area contributed by atoms with Gasteiger partial charge in [-0.15, -0.1) is 0 Å². The first-order valence-electron chi connectivity index (χ1n) is 4.67. The average molecular weight is 251 g/mol. The van der Waals surface area contributed by atoms with Gasteiger partial charge in [-0.2, -0.15) is 5.26 Å². The van der Waals surface area contributed by atoms with E-state index in [0.717, 1.165) is 24.2 Å². The van der Waals surface area contributed by atoms with Crippen LogP contribution in [-0.2, 0) is 6.42 Å². The summed E-state index contributed by atoms with van der Waals surface area (Å²) in [4.78, 5) is 0. The Hall–Kier alpha value is -1.01. The van der Waals surface area contributed by atoms with E-state index in [1.165, 1.54) is 5.56 Å². The molecule has 1 aliphatic heterocycles. The van der Waals surface area contributed by atoms with Gasteiger partial charge in [0.2, 0.25) is 0 Å². The fourth-order valence-electron chi connectivity index (χ4n) is 1.84. The van der Waals surface area contributed by atoms with Crippen LogP contribution in [-0.4, -0.2) is 6.54 Å². The van der Waals surface area contributed by atoms with E-state index in [-0.39, 0.29) is 0 Å². The van der Waals surface area contributed by atoms with E-state index in [4.69, 9.17) is 5.26 Å². The fourth-order valence-corrected chi connectivity index (χ4v) is 2.67. The van der Waals surface area contributed by atoms with Crippen LogP contribution in [0.15, 0.2) is 18.2 Å². The number of nitriles is 1. The van der Waals surface area contributed by atoms with Crippen LogP contribution in [0.25, 0.3) is 0 Å². The Bertz CT molecular complexity index is 395. The minimum atomic E-state index is 0.662. The van der Waals surface area contributed by atoms with Crippen molar-refractivity contribution >= 4 is 21.8 Å². The molecular weight excluding hydrogens is 240 g/mol. The lowest BCUT2D eigenvalue weighted by Gasteiger charge is -2.29. The Morgan fingerprint density at radius 2 is 2.36 bits per heavy atom. The lowest BCUT2D eigenvalue weighted by molar-refractivity contribution is 0.578. The summed E-state index contributed by atoms with van der Waals surface area (Å²) in [7, 11) is 0. The van der Waals surface area contributed by atoms with Crippen molar-refractivity contribution in [1.82, 2.24) is 0 Å². The second-order valence-electron chi connectivity index (χ2n) is 3.81. The average Bonchev–Trinajstić information content (AvgIpc) is 2.17. The summed E-state index contributed by atoms with van der Waals surface area (Å²) in [6, 6.07) is 8.04. The Balaban J connectivity index is 2.45. The predicted octanol–water partition coefficient (Wildman–Crippen LogP) is 2.87. The first-order valence-corrected chi connectivity index (χ1v) is 5.38. The van der Waals surface area contributed by atoms with Gasteiger partial charge >= 0.3 is 0 Å². The number of anilines is 1. The molecule has 1 aliphatic rings. The third-order valence-corrected chi connectivity index (χ3v) is 3.19. The molecule has 0 spiro atoms. The van der Waals surface area contributed by atoms with Crippen LogP contribution in [0.4, 0.5) is 5.69 Å². The topological polar surface area (TPSA) is 27.0 Å². The maximum atomic E-state index is 8.79. The van der Waals surface area contributed by atoms with Crippen molar-refractivity contribution in [2.24, 2.45) is 5.92 Å². The molecule has 0 bridgehead atoms. The summed E-state index contributed by atoms with van der Waals surface area (Å²) in [5.41, 5.74) is 3.18. The molecule has 0 N–H and O–H groups in total. The molecule has 72 valence electrons. The Kier molecular flexibility index (Phi) is 2.47. The van der Waals surface area contributed by atoms with Crippen LogP contribution in [0, 0.1) is 17.2 Å². The summed E-state index contributed by atoms with van der Waals surface area (Å²) in [6.07, 6.45) is 1.10. The summed E-state index contributed by atoms with van der Waals surface area (Å²) in [5.74, 6) is 0.662. The third kappa shape index (κ3) is 1.62. The largest absolute Gasteiger partial charge is 0.308 e. The molecule has 0 saturated carbocycles. The van der Waals surface area contributed by atoms with E-state index < -0.39 is 0 Å². The van der Waals surface area contributed by atoms with Gasteiger partial charge in [0.15, 0.2) is 0 Å². The van der Waals surface area contributed by atoms with Crippen LogP contribution < -0.4 is 3.93 Å². The van der Waals surface area contributed by atoms with Crippen molar-refractivity contribution in [3.8, 4) is 6.07 Å². The van der Waals surface area contributed by atoms with E-state index in [1.807, 2.05) is 12.1 Å². The number of fused-ring (bicyclic) bond motifs is 1. The smallest absolute Gasteiger partial charge is 0.0992 e. The predicted molar refractivity (Wildman–Crippen MR) is 60.3 cm³/mol. The van der Waals surface area contributed by atoms with Crippen molar-refractivity contribution < 1.29 is 0 Å². The van der Waals surface area contributed by atoms with Crippen molar-refractivity contribution in [2.45, 2.75) is 13.3 Å². The second kappa shape index (κ2) is 3.62. The van der Waals surface area contributed by atoms with E-state index in [0.29, 0.717) is 5.92 Å². The normalized spacial score (nSPS) is 20.1. The van der Waals surface area contributed by atoms with Crippen molar-refractivity contribution in [2.75, 3.05) is 10.5 Å². The molecule has 0 saturated heterocycles. The molecule has 1 unspecified atom stereocenters. The highest BCUT2D eigenvalue weighted by molar-refractivity contribution is 9.10. The number of rotatable bonds is 0. The molecule has 0 amide bonds. The van der Waals surface area contributed by atoms with Crippen LogP contribution >= 0.6 is 16.1 Å². The molecule has 0 radical (unpaired) electrons. The SMILES string of the molecule is CC1Cc2ccc(C#N)cc2N(Br)C1. The molecule has 0 aliphatic carbocycles. The van der Waals surface area contributed by atoms with Crippen LogP contribution in [0.2, 0.25) is 0 Å². The van der Waals surface area contributed by atoms with Gasteiger partial charge in [0, 0.05) is 22.7 Å². The van der Waals surface area contributed by atoms with Crippen molar-refractivity contribution in [1.29, 1.82) is 5.26 Å². The molecule has 2 nitrogen and oxygen atoms in total. The van der Waals surface area contributed by atoms with Crippen molar-refractivity contribution in [3.63, 3.8) is 0 Å². The van der Waals surface area contributed by atoms with Gasteiger partial charge in [-0.3, -0.25) is 0 Å². The van der Waals surface area contributed by atoms with E-state index in [1.54, 1.807) is 0 Å². The summed E-state index contributed by atoms with van der Waals surface area (Å²) in [6.45, 7) is 3.23. The standard InChI is InChI=1S/C11H11BrN2/c1-8-4-10-3-2-9(6-13)5-11(10)14(12)7-8/h2-3,5,8H,4,7H2,1H3. The number of nitrogens with zero attached hydrogens (tertiary/aromatic N) is 2. The van der Waals surface area contributed by atoms with Gasteiger partial charge in [0.1, 0.15) is 0 Å². The maximum Gasteiger partial charge on any atom is 0.0992 e. The molecule has 1 aromatic rings. The molecule has 1 heterocycles. The summed E-state index contributed by atoms with van der Waals surface area (Å²) < 4.78 is 2.05. The maximum absolute atomic E-state index is 8.79. The van der Waals surface area contributed by atoms with Gasteiger partial charge in [0.25, 0.3) is 0 Å². The Labute approximate surface area is 92.5 Å². The molecule has 2 rings (SSSR count). The lowest BCUT2D eigenvalue weighted by atomic mass is 9.94. The highest BCUT2D eigenvalue weighted by Gasteiger charge is 2.20. The van der Waals surface area contributed by atoms with Crippen LogP contribution in [0.1, 0.15) is 18.1 Å². The molecule has 1 atom stereocenters. The quantitative estimate of drug-likeness (QED) is 0.663. The number of hydrogen-bond donors (Lipinski definition) is 0. The number of benzene rings is 1. The first-order chi connectivity index (χ1) is 6.70. The van der Waals surface area contributed by atoms with Crippen LogP contribution in [0.3, 0.4) is 0 Å². The van der Waals surface area contributed by atoms with Crippen LogP contribution in [0.5, 0.6) is 0 Å². The highest BCUT2D eigenvalue weighted by atomic mass is 79.9. The first kappa shape index (κ1) is 9.54. The minimum Gasteiger partial charge on any atom is -0.308 e. The monoisotopic (exact) mass is 250 g/mol. The second-order valence-corrected chi connectivity index (χ2v) is 4.67. The molecule has 3 heteroatoms. The summed E-state index contributed by atoms with van der Waals surface area (Å²) in [5, 5.41) is 8.79. The highest BCUT2D eigenvalue weighted by Crippen LogP contribution is 2.32. The molecule has 14 heavy (non-hydrogen) atoms. The Morgan fingerprint density at radius 3 is 3.07 bits per heavy atom. The van der Waals surface area contributed by atoms with Gasteiger partial charge in [-0.25, -0.2) is 0 Å². The van der Waals surface area contributed by atoms with Gasteiger partial charge in [-0.1, -0.05) is 13.0 Å². The van der Waals surface area contributed by atoms with Crippen molar-refractivity contribution in [3.05, 3.63) is 29.3 Å². The van der Waals surface area contributed by atoms with Gasteiger partial charge in [-0.05, 0) is 30.0 Å². The Morgan fingerprint density at radius 1 is 1.57 bits per heavy atom.